The van der Waals surface area contributed by atoms with Gasteiger partial charge >= 0.3 is 0 Å². The first-order chi connectivity index (χ1) is 16.0. The number of nitrogens with zero attached hydrogens (tertiary/aromatic N) is 6. The number of amides is 1. The van der Waals surface area contributed by atoms with E-state index in [-0.39, 0.29) is 11.9 Å². The van der Waals surface area contributed by atoms with E-state index in [9.17, 15) is 4.79 Å². The Morgan fingerprint density at radius 3 is 2.88 bits per heavy atom. The van der Waals surface area contributed by atoms with Gasteiger partial charge in [0.1, 0.15) is 5.52 Å². The maximum atomic E-state index is 13.5. The number of likely N-dealkylation sites (N-methyl/N-ethyl adjacent to an activating group) is 1. The van der Waals surface area contributed by atoms with Gasteiger partial charge in [-0.25, -0.2) is 4.98 Å². The van der Waals surface area contributed by atoms with E-state index in [1.807, 2.05) is 34.7 Å². The van der Waals surface area contributed by atoms with Gasteiger partial charge in [0.2, 0.25) is 11.1 Å². The Bertz CT molecular complexity index is 1400. The molecule has 0 spiro atoms. The topological polar surface area (TPSA) is 67.2 Å². The van der Waals surface area contributed by atoms with Crippen molar-refractivity contribution in [2.24, 2.45) is 7.05 Å². The van der Waals surface area contributed by atoms with Crippen LogP contribution in [0.25, 0.3) is 22.1 Å². The van der Waals surface area contributed by atoms with Gasteiger partial charge in [-0.3, -0.25) is 4.79 Å². The van der Waals surface area contributed by atoms with Crippen molar-refractivity contribution in [2.75, 3.05) is 30.8 Å². The van der Waals surface area contributed by atoms with Crippen LogP contribution in [0.5, 0.6) is 0 Å². The standard InChI is InChI=1S/C25H26N6OS/c1-15-8-9-20-17(12-15)18-13-29(2)11-10-21(18)31(20)22(32)14-33-25-26-24-23(27-28-25)16-6-4-5-7-19(16)30(24)3/h4-9,12,18,21H,10-11,13-14H2,1-3H3/t18-,21-/m0/s1. The van der Waals surface area contributed by atoms with Crippen LogP contribution in [-0.2, 0) is 11.8 Å². The van der Waals surface area contributed by atoms with Crippen molar-refractivity contribution in [3.8, 4) is 0 Å². The molecule has 4 heterocycles. The highest BCUT2D eigenvalue weighted by Crippen LogP contribution is 2.45. The molecule has 0 saturated carbocycles. The molecular formula is C25H26N6OS. The Labute approximate surface area is 196 Å². The molecular weight excluding hydrogens is 432 g/mol. The Morgan fingerprint density at radius 2 is 2.00 bits per heavy atom. The Morgan fingerprint density at radius 1 is 1.15 bits per heavy atom. The second-order valence-corrected chi connectivity index (χ2v) is 10.1. The monoisotopic (exact) mass is 458 g/mol. The highest BCUT2D eigenvalue weighted by Gasteiger charge is 2.43. The smallest absolute Gasteiger partial charge is 0.237 e. The quantitative estimate of drug-likeness (QED) is 0.436. The molecule has 2 aromatic heterocycles. The summed E-state index contributed by atoms with van der Waals surface area (Å²) >= 11 is 1.37. The van der Waals surface area contributed by atoms with Gasteiger partial charge < -0.3 is 14.4 Å². The fourth-order valence-electron chi connectivity index (χ4n) is 5.45. The number of likely N-dealkylation sites (tertiary alicyclic amines) is 1. The number of aryl methyl sites for hydroxylation is 2. The van der Waals surface area contributed by atoms with E-state index in [1.165, 1.54) is 22.9 Å². The molecule has 168 valence electrons. The zero-order valence-electron chi connectivity index (χ0n) is 19.0. The summed E-state index contributed by atoms with van der Waals surface area (Å²) in [6.45, 7) is 4.12. The number of anilines is 1. The van der Waals surface area contributed by atoms with E-state index in [0.717, 1.165) is 47.3 Å². The molecule has 8 heteroatoms. The van der Waals surface area contributed by atoms with Crippen molar-refractivity contribution >= 4 is 45.4 Å². The summed E-state index contributed by atoms with van der Waals surface area (Å²) in [4.78, 5) is 22.6. The molecule has 4 aromatic rings. The molecule has 0 N–H and O–H groups in total. The van der Waals surface area contributed by atoms with E-state index in [0.29, 0.717) is 16.8 Å². The van der Waals surface area contributed by atoms with Crippen molar-refractivity contribution in [2.45, 2.75) is 30.5 Å². The fraction of sp³-hybridized carbons (Fsp3) is 0.360. The minimum absolute atomic E-state index is 0.114. The summed E-state index contributed by atoms with van der Waals surface area (Å²) in [5, 5.41) is 10.3. The van der Waals surface area contributed by atoms with Crippen molar-refractivity contribution < 1.29 is 4.79 Å². The number of hydrogen-bond donors (Lipinski definition) is 0. The first kappa shape index (κ1) is 20.6. The first-order valence-electron chi connectivity index (χ1n) is 11.3. The maximum Gasteiger partial charge on any atom is 0.237 e. The largest absolute Gasteiger partial charge is 0.327 e. The molecule has 2 aliphatic rings. The number of carbonyl (C=O) groups excluding carboxylic acids is 1. The van der Waals surface area contributed by atoms with Crippen LogP contribution in [0.15, 0.2) is 47.6 Å². The fourth-order valence-corrected chi connectivity index (χ4v) is 6.10. The van der Waals surface area contributed by atoms with Crippen LogP contribution in [-0.4, -0.2) is 62.5 Å². The van der Waals surface area contributed by atoms with Gasteiger partial charge in [0.05, 0.1) is 11.3 Å². The van der Waals surface area contributed by atoms with Crippen molar-refractivity contribution in [1.29, 1.82) is 0 Å². The summed E-state index contributed by atoms with van der Waals surface area (Å²) in [5.41, 5.74) is 6.27. The number of carbonyl (C=O) groups is 1. The number of fused-ring (bicyclic) bond motifs is 6. The van der Waals surface area contributed by atoms with E-state index in [4.69, 9.17) is 4.98 Å². The molecule has 2 atom stereocenters. The highest BCUT2D eigenvalue weighted by atomic mass is 32.2. The Hall–Kier alpha value is -2.97. The van der Waals surface area contributed by atoms with Crippen LogP contribution in [0, 0.1) is 6.92 Å². The number of para-hydroxylation sites is 1. The molecule has 1 saturated heterocycles. The summed E-state index contributed by atoms with van der Waals surface area (Å²) < 4.78 is 2.04. The molecule has 1 fully saturated rings. The highest BCUT2D eigenvalue weighted by molar-refractivity contribution is 7.99. The van der Waals surface area contributed by atoms with E-state index in [1.54, 1.807) is 0 Å². The van der Waals surface area contributed by atoms with Crippen LogP contribution in [0.4, 0.5) is 5.69 Å². The van der Waals surface area contributed by atoms with Crippen molar-refractivity contribution in [1.82, 2.24) is 24.6 Å². The summed E-state index contributed by atoms with van der Waals surface area (Å²) in [7, 11) is 4.15. The second kappa shape index (κ2) is 7.81. The number of benzene rings is 2. The van der Waals surface area contributed by atoms with Gasteiger partial charge in [-0.1, -0.05) is 47.7 Å². The summed E-state index contributed by atoms with van der Waals surface area (Å²) in [5.74, 6) is 0.782. The molecule has 6 rings (SSSR count). The van der Waals surface area contributed by atoms with Gasteiger partial charge in [0.25, 0.3) is 0 Å². The van der Waals surface area contributed by atoms with Crippen LogP contribution >= 0.6 is 11.8 Å². The lowest BCUT2D eigenvalue weighted by Crippen LogP contribution is -2.47. The maximum absolute atomic E-state index is 13.5. The van der Waals surface area contributed by atoms with Crippen molar-refractivity contribution in [3.63, 3.8) is 0 Å². The van der Waals surface area contributed by atoms with Gasteiger partial charge in [-0.15, -0.1) is 10.2 Å². The molecule has 2 aliphatic heterocycles. The van der Waals surface area contributed by atoms with E-state index < -0.39 is 0 Å². The number of rotatable bonds is 3. The van der Waals surface area contributed by atoms with Gasteiger partial charge in [0.15, 0.2) is 5.65 Å². The average molecular weight is 459 g/mol. The number of aromatic nitrogens is 4. The predicted molar refractivity (Wildman–Crippen MR) is 132 cm³/mol. The third kappa shape index (κ3) is 3.31. The van der Waals surface area contributed by atoms with E-state index in [2.05, 4.69) is 53.3 Å². The molecule has 7 nitrogen and oxygen atoms in total. The lowest BCUT2D eigenvalue weighted by molar-refractivity contribution is -0.116. The normalized spacial score (nSPS) is 20.4. The van der Waals surface area contributed by atoms with Gasteiger partial charge in [0, 0.05) is 36.6 Å². The zero-order valence-corrected chi connectivity index (χ0v) is 19.8. The van der Waals surface area contributed by atoms with Crippen LogP contribution in [0.1, 0.15) is 23.5 Å². The molecule has 0 radical (unpaired) electrons. The number of hydrogen-bond acceptors (Lipinski definition) is 6. The van der Waals surface area contributed by atoms with Crippen molar-refractivity contribution in [3.05, 3.63) is 53.6 Å². The van der Waals surface area contributed by atoms with Crippen LogP contribution in [0.2, 0.25) is 0 Å². The minimum atomic E-state index is 0.114. The summed E-state index contributed by atoms with van der Waals surface area (Å²) in [6, 6.07) is 14.8. The first-order valence-corrected chi connectivity index (χ1v) is 12.3. The molecule has 1 amide bonds. The van der Waals surface area contributed by atoms with Crippen LogP contribution < -0.4 is 4.90 Å². The third-order valence-corrected chi connectivity index (χ3v) is 7.86. The number of thioether (sulfide) groups is 1. The molecule has 0 aliphatic carbocycles. The Balaban J connectivity index is 1.27. The average Bonchev–Trinajstić information content (AvgIpc) is 3.29. The SMILES string of the molecule is Cc1ccc2c(c1)[C@@H]1CN(C)CC[C@@H]1N2C(=O)CSc1nnc2c3ccccc3n(C)c2n1. The zero-order chi connectivity index (χ0) is 22.7. The molecule has 0 unspecified atom stereocenters. The van der Waals surface area contributed by atoms with E-state index >= 15 is 0 Å². The third-order valence-electron chi connectivity index (χ3n) is 7.03. The molecule has 2 aromatic carbocycles. The lowest BCUT2D eigenvalue weighted by atomic mass is 9.89. The van der Waals surface area contributed by atoms with Gasteiger partial charge in [-0.05, 0) is 44.6 Å². The lowest BCUT2D eigenvalue weighted by Gasteiger charge is -2.36. The number of piperidine rings is 1. The molecule has 0 bridgehead atoms. The van der Waals surface area contributed by atoms with Crippen LogP contribution in [0.3, 0.4) is 0 Å². The second-order valence-electron chi connectivity index (χ2n) is 9.18. The van der Waals surface area contributed by atoms with Gasteiger partial charge in [-0.2, -0.15) is 0 Å². The summed E-state index contributed by atoms with van der Waals surface area (Å²) in [6.07, 6.45) is 0.991. The minimum Gasteiger partial charge on any atom is -0.327 e. The Kier molecular flexibility index (Phi) is 4.88. The molecule has 33 heavy (non-hydrogen) atoms. The predicted octanol–water partition coefficient (Wildman–Crippen LogP) is 3.75.